The molecule has 0 spiro atoms. The minimum Gasteiger partial charge on any atom is -0.426 e. The average molecular weight is 238 g/mol. The minimum absolute atomic E-state index is 0.210. The van der Waals surface area contributed by atoms with E-state index in [0.29, 0.717) is 12.4 Å². The Morgan fingerprint density at radius 1 is 1.29 bits per heavy atom. The van der Waals surface area contributed by atoms with Crippen molar-refractivity contribution in [2.75, 3.05) is 13.7 Å². The Morgan fingerprint density at radius 2 is 1.94 bits per heavy atom. The lowest BCUT2D eigenvalue weighted by Crippen LogP contribution is -2.16. The number of esters is 1. The third-order valence-corrected chi connectivity index (χ3v) is 2.24. The van der Waals surface area contributed by atoms with E-state index in [1.54, 1.807) is 26.2 Å². The van der Waals surface area contributed by atoms with Crippen molar-refractivity contribution in [1.29, 1.82) is 0 Å². The number of methoxy groups -OCH3 is 1. The lowest BCUT2D eigenvalue weighted by Gasteiger charge is -2.10. The van der Waals surface area contributed by atoms with Gasteiger partial charge < -0.3 is 14.2 Å². The summed E-state index contributed by atoms with van der Waals surface area (Å²) < 4.78 is 15.2. The van der Waals surface area contributed by atoms with Gasteiger partial charge in [-0.05, 0) is 26.0 Å². The van der Waals surface area contributed by atoms with Crippen molar-refractivity contribution < 1.29 is 19.0 Å². The van der Waals surface area contributed by atoms with Crippen molar-refractivity contribution in [1.82, 2.24) is 0 Å². The molecule has 0 bridgehead atoms. The van der Waals surface area contributed by atoms with Gasteiger partial charge >= 0.3 is 5.97 Å². The molecule has 1 atom stereocenters. The van der Waals surface area contributed by atoms with Gasteiger partial charge in [-0.1, -0.05) is 17.7 Å². The zero-order chi connectivity index (χ0) is 12.7. The standard InChI is InChI=1S/C13H18O4/c1-10-4-6-12(7-5-10)17-13(14)8-9-16-11(2)15-3/h4-7,11H,8-9H2,1-3H3. The van der Waals surface area contributed by atoms with Crippen LogP contribution >= 0.6 is 0 Å². The molecule has 17 heavy (non-hydrogen) atoms. The normalized spacial score (nSPS) is 12.2. The van der Waals surface area contributed by atoms with E-state index in [1.165, 1.54) is 0 Å². The third-order valence-electron chi connectivity index (χ3n) is 2.24. The highest BCUT2D eigenvalue weighted by Crippen LogP contribution is 2.12. The van der Waals surface area contributed by atoms with Crippen LogP contribution in [0.3, 0.4) is 0 Å². The monoisotopic (exact) mass is 238 g/mol. The second-order valence-corrected chi connectivity index (χ2v) is 3.71. The molecule has 0 radical (unpaired) electrons. The second kappa shape index (κ2) is 7.04. The first-order valence-electron chi connectivity index (χ1n) is 5.53. The van der Waals surface area contributed by atoms with Gasteiger partial charge in [0.25, 0.3) is 0 Å². The maximum absolute atomic E-state index is 11.4. The fourth-order valence-electron chi connectivity index (χ4n) is 1.17. The fraction of sp³-hybridized carbons (Fsp3) is 0.462. The second-order valence-electron chi connectivity index (χ2n) is 3.71. The van der Waals surface area contributed by atoms with Gasteiger partial charge in [-0.3, -0.25) is 4.79 Å². The minimum atomic E-state index is -0.308. The molecule has 0 N–H and O–H groups in total. The van der Waals surface area contributed by atoms with Gasteiger partial charge in [0.1, 0.15) is 5.75 Å². The van der Waals surface area contributed by atoms with Crippen molar-refractivity contribution in [3.63, 3.8) is 0 Å². The number of benzene rings is 1. The molecule has 0 saturated carbocycles. The van der Waals surface area contributed by atoms with E-state index in [9.17, 15) is 4.79 Å². The van der Waals surface area contributed by atoms with Crippen LogP contribution in [0.25, 0.3) is 0 Å². The maximum atomic E-state index is 11.4. The molecule has 0 aliphatic rings. The zero-order valence-electron chi connectivity index (χ0n) is 10.4. The van der Waals surface area contributed by atoms with Gasteiger partial charge in [0.15, 0.2) is 6.29 Å². The first-order chi connectivity index (χ1) is 8.11. The molecule has 0 fully saturated rings. The van der Waals surface area contributed by atoms with Crippen molar-refractivity contribution >= 4 is 5.97 Å². The molecular weight excluding hydrogens is 220 g/mol. The van der Waals surface area contributed by atoms with E-state index in [4.69, 9.17) is 14.2 Å². The molecule has 0 aliphatic heterocycles. The molecule has 1 rings (SSSR count). The quantitative estimate of drug-likeness (QED) is 0.433. The summed E-state index contributed by atoms with van der Waals surface area (Å²) in [5, 5.41) is 0. The lowest BCUT2D eigenvalue weighted by atomic mass is 10.2. The molecule has 4 nitrogen and oxygen atoms in total. The van der Waals surface area contributed by atoms with E-state index in [1.807, 2.05) is 19.1 Å². The summed E-state index contributed by atoms with van der Waals surface area (Å²) in [6, 6.07) is 7.33. The van der Waals surface area contributed by atoms with Crippen molar-refractivity contribution in [3.8, 4) is 5.75 Å². The van der Waals surface area contributed by atoms with Gasteiger partial charge in [0.2, 0.25) is 0 Å². The molecule has 0 saturated heterocycles. The molecule has 0 aliphatic carbocycles. The summed E-state index contributed by atoms with van der Waals surface area (Å²) in [6.07, 6.45) is -0.0936. The molecule has 1 unspecified atom stereocenters. The molecule has 0 amide bonds. The van der Waals surface area contributed by atoms with Crippen LogP contribution in [-0.2, 0) is 14.3 Å². The first kappa shape index (κ1) is 13.7. The van der Waals surface area contributed by atoms with E-state index in [0.717, 1.165) is 5.56 Å². The van der Waals surface area contributed by atoms with Crippen LogP contribution in [0.1, 0.15) is 18.9 Å². The molecule has 1 aromatic rings. The van der Waals surface area contributed by atoms with Crippen LogP contribution in [-0.4, -0.2) is 26.0 Å². The molecule has 0 heterocycles. The van der Waals surface area contributed by atoms with Crippen LogP contribution in [0, 0.1) is 6.92 Å². The Labute approximate surface area is 101 Å². The lowest BCUT2D eigenvalue weighted by molar-refractivity contribution is -0.141. The fourth-order valence-corrected chi connectivity index (χ4v) is 1.17. The van der Waals surface area contributed by atoms with Crippen LogP contribution < -0.4 is 4.74 Å². The molecule has 1 aromatic carbocycles. The smallest absolute Gasteiger partial charge is 0.313 e. The highest BCUT2D eigenvalue weighted by molar-refractivity contribution is 5.72. The number of carbonyl (C=O) groups excluding carboxylic acids is 1. The summed E-state index contributed by atoms with van der Waals surface area (Å²) in [6.45, 7) is 4.04. The largest absolute Gasteiger partial charge is 0.426 e. The Morgan fingerprint density at radius 3 is 2.53 bits per heavy atom. The molecule has 4 heteroatoms. The van der Waals surface area contributed by atoms with E-state index < -0.39 is 0 Å². The topological polar surface area (TPSA) is 44.8 Å². The maximum Gasteiger partial charge on any atom is 0.313 e. The zero-order valence-corrected chi connectivity index (χ0v) is 10.4. The average Bonchev–Trinajstić information content (AvgIpc) is 2.32. The summed E-state index contributed by atoms with van der Waals surface area (Å²) >= 11 is 0. The highest BCUT2D eigenvalue weighted by Gasteiger charge is 2.06. The number of hydrogen-bond acceptors (Lipinski definition) is 4. The molecule has 94 valence electrons. The van der Waals surface area contributed by atoms with Crippen LogP contribution in [0.5, 0.6) is 5.75 Å². The summed E-state index contributed by atoms with van der Waals surface area (Å²) in [5.41, 5.74) is 1.13. The van der Waals surface area contributed by atoms with Gasteiger partial charge in [0, 0.05) is 7.11 Å². The van der Waals surface area contributed by atoms with Gasteiger partial charge in [-0.25, -0.2) is 0 Å². The van der Waals surface area contributed by atoms with Gasteiger partial charge in [-0.2, -0.15) is 0 Å². The van der Waals surface area contributed by atoms with Crippen molar-refractivity contribution in [2.45, 2.75) is 26.6 Å². The Balaban J connectivity index is 2.27. The highest BCUT2D eigenvalue weighted by atomic mass is 16.7. The number of ether oxygens (including phenoxy) is 3. The van der Waals surface area contributed by atoms with E-state index >= 15 is 0 Å². The van der Waals surface area contributed by atoms with Crippen molar-refractivity contribution in [2.24, 2.45) is 0 Å². The summed E-state index contributed by atoms with van der Waals surface area (Å²) in [7, 11) is 1.55. The Hall–Kier alpha value is -1.39. The van der Waals surface area contributed by atoms with E-state index in [2.05, 4.69) is 0 Å². The van der Waals surface area contributed by atoms with Gasteiger partial charge in [0.05, 0.1) is 13.0 Å². The molecule has 0 aromatic heterocycles. The molecular formula is C13H18O4. The van der Waals surface area contributed by atoms with E-state index in [-0.39, 0.29) is 18.7 Å². The Bertz CT molecular complexity index is 345. The predicted octanol–water partition coefficient (Wildman–Crippen LogP) is 2.30. The Kier molecular flexibility index (Phi) is 5.66. The van der Waals surface area contributed by atoms with Gasteiger partial charge in [-0.15, -0.1) is 0 Å². The SMILES string of the molecule is COC(C)OCCC(=O)Oc1ccc(C)cc1. The van der Waals surface area contributed by atoms with Crippen LogP contribution in [0.4, 0.5) is 0 Å². The van der Waals surface area contributed by atoms with Crippen LogP contribution in [0.15, 0.2) is 24.3 Å². The summed E-state index contributed by atoms with van der Waals surface area (Å²) in [5.74, 6) is 0.248. The number of aryl methyl sites for hydroxylation is 1. The predicted molar refractivity (Wildman–Crippen MR) is 63.9 cm³/mol. The number of rotatable bonds is 6. The van der Waals surface area contributed by atoms with Crippen molar-refractivity contribution in [3.05, 3.63) is 29.8 Å². The first-order valence-corrected chi connectivity index (χ1v) is 5.53. The number of carbonyl (C=O) groups is 1. The number of hydrogen-bond donors (Lipinski definition) is 0. The summed E-state index contributed by atoms with van der Waals surface area (Å²) in [4.78, 5) is 11.4. The third kappa shape index (κ3) is 5.47. The van der Waals surface area contributed by atoms with Crippen LogP contribution in [0.2, 0.25) is 0 Å².